The molecular weight excluding hydrogens is 431 g/mol. The second-order valence-electron chi connectivity index (χ2n) is 6.49. The number of carbonyl (C=O) groups excluding carboxylic acids is 1. The first-order valence-electron chi connectivity index (χ1n) is 8.42. The van der Waals surface area contributed by atoms with Gasteiger partial charge in [0.25, 0.3) is 0 Å². The molecule has 25 heavy (non-hydrogen) atoms. The Balaban J connectivity index is 1.44. The molecule has 0 radical (unpaired) electrons. The summed E-state index contributed by atoms with van der Waals surface area (Å²) in [5.74, 6) is 0.890. The van der Waals surface area contributed by atoms with Crippen molar-refractivity contribution in [3.05, 3.63) is 44.9 Å². The number of hydrogen-bond acceptors (Lipinski definition) is 5. The fraction of sp³-hybridized carbons (Fsp3) is 0.444. The molecule has 2 heterocycles. The molecule has 1 aliphatic rings. The quantitative estimate of drug-likeness (QED) is 0.705. The van der Waals surface area contributed by atoms with Crippen LogP contribution in [0.4, 0.5) is 5.69 Å². The van der Waals surface area contributed by atoms with Gasteiger partial charge in [0.1, 0.15) is 5.76 Å². The van der Waals surface area contributed by atoms with Crippen molar-refractivity contribution in [3.63, 3.8) is 0 Å². The van der Waals surface area contributed by atoms with Crippen molar-refractivity contribution in [2.45, 2.75) is 20.4 Å². The Kier molecular flexibility index (Phi) is 6.08. The highest BCUT2D eigenvalue weighted by Gasteiger charge is 2.20. The maximum Gasteiger partial charge on any atom is 0.238 e. The van der Waals surface area contributed by atoms with Crippen LogP contribution in [0.25, 0.3) is 0 Å². The van der Waals surface area contributed by atoms with Gasteiger partial charge in [0.2, 0.25) is 5.91 Å². The van der Waals surface area contributed by atoms with Gasteiger partial charge in [-0.3, -0.25) is 14.6 Å². The Morgan fingerprint density at radius 2 is 1.92 bits per heavy atom. The van der Waals surface area contributed by atoms with E-state index in [1.807, 2.05) is 32.0 Å². The van der Waals surface area contributed by atoms with Crippen LogP contribution >= 0.6 is 22.6 Å². The van der Waals surface area contributed by atoms with Crippen molar-refractivity contribution in [1.29, 1.82) is 0 Å². The summed E-state index contributed by atoms with van der Waals surface area (Å²) in [7, 11) is 0. The average Bonchev–Trinajstić information content (AvgIpc) is 2.97. The summed E-state index contributed by atoms with van der Waals surface area (Å²) in [5.41, 5.74) is 2.95. The van der Waals surface area contributed by atoms with Crippen molar-refractivity contribution < 1.29 is 9.32 Å². The molecule has 1 saturated heterocycles. The number of carbonyl (C=O) groups is 1. The van der Waals surface area contributed by atoms with Gasteiger partial charge in [0.05, 0.1) is 12.2 Å². The van der Waals surface area contributed by atoms with Crippen molar-refractivity contribution in [2.24, 2.45) is 0 Å². The minimum absolute atomic E-state index is 0.0462. The van der Waals surface area contributed by atoms with Crippen LogP contribution in [0.5, 0.6) is 0 Å². The first-order chi connectivity index (χ1) is 12.0. The number of rotatable bonds is 5. The topological polar surface area (TPSA) is 61.6 Å². The molecule has 3 rings (SSSR count). The van der Waals surface area contributed by atoms with Gasteiger partial charge in [-0.1, -0.05) is 5.16 Å². The normalized spacial score (nSPS) is 16.1. The van der Waals surface area contributed by atoms with E-state index in [1.165, 1.54) is 3.57 Å². The number of halogens is 1. The van der Waals surface area contributed by atoms with Gasteiger partial charge < -0.3 is 9.84 Å². The second-order valence-corrected chi connectivity index (χ2v) is 7.73. The van der Waals surface area contributed by atoms with Crippen LogP contribution in [0.2, 0.25) is 0 Å². The average molecular weight is 454 g/mol. The monoisotopic (exact) mass is 454 g/mol. The lowest BCUT2D eigenvalue weighted by atomic mass is 10.2. The molecule has 0 aliphatic carbocycles. The minimum atomic E-state index is 0.0462. The molecule has 0 saturated carbocycles. The number of hydrogen-bond donors (Lipinski definition) is 1. The SMILES string of the molecule is Cc1cc(CN2CCN(CC(=O)Nc3ccc(I)cc3C)CC2)no1. The first-order valence-corrected chi connectivity index (χ1v) is 9.50. The number of anilines is 1. The van der Waals surface area contributed by atoms with Crippen LogP contribution in [0.3, 0.4) is 0 Å². The van der Waals surface area contributed by atoms with E-state index in [-0.39, 0.29) is 5.91 Å². The molecule has 1 aromatic heterocycles. The van der Waals surface area contributed by atoms with Gasteiger partial charge in [-0.25, -0.2) is 0 Å². The standard InChI is InChI=1S/C18H23IN4O2/c1-13-9-15(19)3-4-17(13)20-18(24)12-23-7-5-22(6-8-23)11-16-10-14(2)25-21-16/h3-4,9-10H,5-8,11-12H2,1-2H3,(H,20,24). The summed E-state index contributed by atoms with van der Waals surface area (Å²) in [6.45, 7) is 8.79. The molecule has 0 unspecified atom stereocenters. The molecule has 1 aliphatic heterocycles. The molecular formula is C18H23IN4O2. The molecule has 6 nitrogen and oxygen atoms in total. The number of benzene rings is 1. The molecule has 7 heteroatoms. The van der Waals surface area contributed by atoms with Crippen LogP contribution in [0.1, 0.15) is 17.0 Å². The van der Waals surface area contributed by atoms with Crippen molar-refractivity contribution >= 4 is 34.2 Å². The van der Waals surface area contributed by atoms with E-state index >= 15 is 0 Å². The van der Waals surface area contributed by atoms with Crippen molar-refractivity contribution in [2.75, 3.05) is 38.0 Å². The van der Waals surface area contributed by atoms with E-state index in [1.54, 1.807) is 0 Å². The number of nitrogens with one attached hydrogen (secondary N) is 1. The third-order valence-electron chi connectivity index (χ3n) is 4.36. The number of nitrogens with zero attached hydrogens (tertiary/aromatic N) is 3. The number of aromatic nitrogens is 1. The molecule has 1 aromatic carbocycles. The molecule has 1 fully saturated rings. The second kappa shape index (κ2) is 8.29. The predicted octanol–water partition coefficient (Wildman–Crippen LogP) is 2.65. The molecule has 1 N–H and O–H groups in total. The largest absolute Gasteiger partial charge is 0.361 e. The van der Waals surface area contributed by atoms with E-state index in [2.05, 4.69) is 48.9 Å². The fourth-order valence-electron chi connectivity index (χ4n) is 2.99. The zero-order valence-corrected chi connectivity index (χ0v) is 16.7. The predicted molar refractivity (Wildman–Crippen MR) is 105 cm³/mol. The third-order valence-corrected chi connectivity index (χ3v) is 5.03. The Hall–Kier alpha value is -1.45. The van der Waals surface area contributed by atoms with Crippen LogP contribution in [-0.4, -0.2) is 53.6 Å². The lowest BCUT2D eigenvalue weighted by molar-refractivity contribution is -0.117. The Bertz CT molecular complexity index is 738. The highest BCUT2D eigenvalue weighted by molar-refractivity contribution is 14.1. The zero-order valence-electron chi connectivity index (χ0n) is 14.6. The van der Waals surface area contributed by atoms with Crippen molar-refractivity contribution in [3.8, 4) is 0 Å². The number of piperazine rings is 1. The van der Waals surface area contributed by atoms with Crippen molar-refractivity contribution in [1.82, 2.24) is 15.0 Å². The van der Waals surface area contributed by atoms with Gasteiger partial charge in [0.15, 0.2) is 0 Å². The van der Waals surface area contributed by atoms with E-state index in [9.17, 15) is 4.79 Å². The Morgan fingerprint density at radius 3 is 2.56 bits per heavy atom. The summed E-state index contributed by atoms with van der Waals surface area (Å²) in [6, 6.07) is 8.02. The minimum Gasteiger partial charge on any atom is -0.361 e. The molecule has 0 spiro atoms. The summed E-state index contributed by atoms with van der Waals surface area (Å²) < 4.78 is 6.29. The van der Waals surface area contributed by atoms with E-state index in [0.29, 0.717) is 6.54 Å². The van der Waals surface area contributed by atoms with Gasteiger partial charge in [-0.15, -0.1) is 0 Å². The lowest BCUT2D eigenvalue weighted by Crippen LogP contribution is -2.48. The molecule has 0 bridgehead atoms. The lowest BCUT2D eigenvalue weighted by Gasteiger charge is -2.33. The van der Waals surface area contributed by atoms with Crippen LogP contribution in [-0.2, 0) is 11.3 Å². The summed E-state index contributed by atoms with van der Waals surface area (Å²) in [6.07, 6.45) is 0. The molecule has 2 aromatic rings. The summed E-state index contributed by atoms with van der Waals surface area (Å²) in [4.78, 5) is 16.8. The third kappa shape index (κ3) is 5.26. The highest BCUT2D eigenvalue weighted by atomic mass is 127. The molecule has 1 amide bonds. The van der Waals surface area contributed by atoms with Crippen LogP contribution in [0, 0.1) is 17.4 Å². The first kappa shape index (κ1) is 18.3. The smallest absolute Gasteiger partial charge is 0.238 e. The van der Waals surface area contributed by atoms with Crippen LogP contribution < -0.4 is 5.32 Å². The van der Waals surface area contributed by atoms with Gasteiger partial charge in [-0.05, 0) is 60.2 Å². The number of aryl methyl sites for hydroxylation is 2. The Morgan fingerprint density at radius 1 is 1.20 bits per heavy atom. The zero-order chi connectivity index (χ0) is 17.8. The molecule has 0 atom stereocenters. The summed E-state index contributed by atoms with van der Waals surface area (Å²) in [5, 5.41) is 7.06. The number of amides is 1. The van der Waals surface area contributed by atoms with E-state index in [4.69, 9.17) is 4.52 Å². The maximum atomic E-state index is 12.3. The highest BCUT2D eigenvalue weighted by Crippen LogP contribution is 2.17. The van der Waals surface area contributed by atoms with Gasteiger partial charge >= 0.3 is 0 Å². The van der Waals surface area contributed by atoms with E-state index in [0.717, 1.165) is 55.4 Å². The van der Waals surface area contributed by atoms with Gasteiger partial charge in [0, 0.05) is 48.0 Å². The molecule has 134 valence electrons. The maximum absolute atomic E-state index is 12.3. The van der Waals surface area contributed by atoms with Gasteiger partial charge in [-0.2, -0.15) is 0 Å². The fourth-order valence-corrected chi connectivity index (χ4v) is 3.63. The summed E-state index contributed by atoms with van der Waals surface area (Å²) >= 11 is 2.28. The Labute approximate surface area is 161 Å². The van der Waals surface area contributed by atoms with Crippen LogP contribution in [0.15, 0.2) is 28.8 Å². The van der Waals surface area contributed by atoms with E-state index < -0.39 is 0 Å².